The van der Waals surface area contributed by atoms with E-state index in [1.165, 1.54) is 14.0 Å². The van der Waals surface area contributed by atoms with E-state index in [1.807, 2.05) is 30.3 Å². The van der Waals surface area contributed by atoms with Gasteiger partial charge < -0.3 is 14.2 Å². The third-order valence-electron chi connectivity index (χ3n) is 2.65. The monoisotopic (exact) mass is 272 g/mol. The molecule has 2 rings (SSSR count). The highest BCUT2D eigenvalue weighted by atomic mass is 16.6. The van der Waals surface area contributed by atoms with Gasteiger partial charge in [-0.2, -0.15) is 0 Å². The minimum absolute atomic E-state index is 0.304. The van der Waals surface area contributed by atoms with Crippen molar-refractivity contribution in [1.82, 2.24) is 0 Å². The van der Waals surface area contributed by atoms with Crippen molar-refractivity contribution in [1.29, 1.82) is 0 Å². The van der Waals surface area contributed by atoms with Crippen LogP contribution in [0.1, 0.15) is 12.5 Å². The Morgan fingerprint density at radius 3 is 2.35 bits per heavy atom. The van der Waals surface area contributed by atoms with E-state index in [9.17, 15) is 4.79 Å². The van der Waals surface area contributed by atoms with E-state index in [1.54, 1.807) is 18.2 Å². The molecule has 2 aromatic carbocycles. The van der Waals surface area contributed by atoms with Crippen molar-refractivity contribution in [3.63, 3.8) is 0 Å². The largest absolute Gasteiger partial charge is 0.493 e. The van der Waals surface area contributed by atoms with Gasteiger partial charge in [0.2, 0.25) is 5.75 Å². The molecule has 0 aliphatic heterocycles. The van der Waals surface area contributed by atoms with Gasteiger partial charge in [0, 0.05) is 6.92 Å². The Hall–Kier alpha value is -2.49. The molecule has 0 N–H and O–H groups in total. The van der Waals surface area contributed by atoms with Gasteiger partial charge in [0.15, 0.2) is 11.5 Å². The normalized spacial score (nSPS) is 9.90. The van der Waals surface area contributed by atoms with Crippen LogP contribution in [-0.4, -0.2) is 13.1 Å². The molecule has 0 bridgehead atoms. The molecule has 0 amide bonds. The summed E-state index contributed by atoms with van der Waals surface area (Å²) >= 11 is 0. The van der Waals surface area contributed by atoms with Gasteiger partial charge in [-0.15, -0.1) is 0 Å². The van der Waals surface area contributed by atoms with Crippen LogP contribution in [0.5, 0.6) is 17.2 Å². The Kier molecular flexibility index (Phi) is 4.60. The summed E-state index contributed by atoms with van der Waals surface area (Å²) in [4.78, 5) is 11.2. The van der Waals surface area contributed by atoms with Crippen LogP contribution in [-0.2, 0) is 11.4 Å². The van der Waals surface area contributed by atoms with E-state index in [-0.39, 0.29) is 0 Å². The molecule has 20 heavy (non-hydrogen) atoms. The summed E-state index contributed by atoms with van der Waals surface area (Å²) in [5.41, 5.74) is 1.03. The summed E-state index contributed by atoms with van der Waals surface area (Å²) in [6.45, 7) is 1.73. The highest BCUT2D eigenvalue weighted by Gasteiger charge is 2.14. The molecule has 0 aliphatic rings. The summed E-state index contributed by atoms with van der Waals surface area (Å²) < 4.78 is 16.1. The maximum atomic E-state index is 11.2. The van der Waals surface area contributed by atoms with Crippen molar-refractivity contribution >= 4 is 5.97 Å². The van der Waals surface area contributed by atoms with Crippen molar-refractivity contribution in [3.8, 4) is 17.2 Å². The quantitative estimate of drug-likeness (QED) is 0.619. The predicted octanol–water partition coefficient (Wildman–Crippen LogP) is 3.20. The third kappa shape index (κ3) is 3.51. The van der Waals surface area contributed by atoms with Gasteiger partial charge >= 0.3 is 5.97 Å². The number of carbonyl (C=O) groups is 1. The first-order chi connectivity index (χ1) is 9.70. The van der Waals surface area contributed by atoms with Crippen LogP contribution in [0.3, 0.4) is 0 Å². The molecule has 0 aromatic heterocycles. The van der Waals surface area contributed by atoms with Crippen molar-refractivity contribution in [2.24, 2.45) is 0 Å². The van der Waals surface area contributed by atoms with Gasteiger partial charge in [0.1, 0.15) is 6.61 Å². The maximum Gasteiger partial charge on any atom is 0.308 e. The summed E-state index contributed by atoms with van der Waals surface area (Å²) in [7, 11) is 1.52. The van der Waals surface area contributed by atoms with E-state index in [0.717, 1.165) is 5.56 Å². The molecule has 4 heteroatoms. The van der Waals surface area contributed by atoms with Gasteiger partial charge in [0.25, 0.3) is 0 Å². The van der Waals surface area contributed by atoms with Crippen LogP contribution in [0.25, 0.3) is 0 Å². The number of esters is 1. The minimum Gasteiger partial charge on any atom is -0.493 e. The number of hydrogen-bond donors (Lipinski definition) is 0. The van der Waals surface area contributed by atoms with Crippen LogP contribution in [0.4, 0.5) is 0 Å². The fraction of sp³-hybridized carbons (Fsp3) is 0.188. The molecule has 2 aromatic rings. The highest BCUT2D eigenvalue weighted by molar-refractivity contribution is 5.72. The van der Waals surface area contributed by atoms with E-state index in [2.05, 4.69) is 0 Å². The van der Waals surface area contributed by atoms with Crippen molar-refractivity contribution in [2.75, 3.05) is 7.11 Å². The molecule has 0 fully saturated rings. The number of para-hydroxylation sites is 1. The smallest absolute Gasteiger partial charge is 0.308 e. The second-order valence-electron chi connectivity index (χ2n) is 4.16. The molecule has 0 saturated heterocycles. The lowest BCUT2D eigenvalue weighted by Gasteiger charge is -2.13. The van der Waals surface area contributed by atoms with Crippen molar-refractivity contribution in [3.05, 3.63) is 54.1 Å². The topological polar surface area (TPSA) is 44.8 Å². The first-order valence-electron chi connectivity index (χ1n) is 6.23. The van der Waals surface area contributed by atoms with E-state index >= 15 is 0 Å². The number of hydrogen-bond acceptors (Lipinski definition) is 4. The zero-order valence-electron chi connectivity index (χ0n) is 11.5. The molecule has 0 unspecified atom stereocenters. The van der Waals surface area contributed by atoms with E-state index < -0.39 is 5.97 Å². The Morgan fingerprint density at radius 2 is 1.70 bits per heavy atom. The lowest BCUT2D eigenvalue weighted by atomic mass is 10.2. The second kappa shape index (κ2) is 6.61. The average molecular weight is 272 g/mol. The van der Waals surface area contributed by atoms with Crippen LogP contribution in [0, 0.1) is 0 Å². The Bertz CT molecular complexity index is 578. The second-order valence-corrected chi connectivity index (χ2v) is 4.16. The van der Waals surface area contributed by atoms with Gasteiger partial charge in [-0.3, -0.25) is 4.79 Å². The number of carbonyl (C=O) groups excluding carboxylic acids is 1. The van der Waals surface area contributed by atoms with Crippen LogP contribution in [0.2, 0.25) is 0 Å². The zero-order valence-corrected chi connectivity index (χ0v) is 11.5. The summed E-state index contributed by atoms with van der Waals surface area (Å²) in [6, 6.07) is 15.0. The predicted molar refractivity (Wildman–Crippen MR) is 75.1 cm³/mol. The van der Waals surface area contributed by atoms with Crippen molar-refractivity contribution in [2.45, 2.75) is 13.5 Å². The first kappa shape index (κ1) is 13.9. The number of rotatable bonds is 5. The molecule has 4 nitrogen and oxygen atoms in total. The summed E-state index contributed by atoms with van der Waals surface area (Å²) in [6.07, 6.45) is 0. The fourth-order valence-corrected chi connectivity index (χ4v) is 1.75. The molecule has 0 saturated carbocycles. The summed E-state index contributed by atoms with van der Waals surface area (Å²) in [5, 5.41) is 0. The van der Waals surface area contributed by atoms with Gasteiger partial charge in [-0.1, -0.05) is 36.4 Å². The van der Waals surface area contributed by atoms with E-state index in [0.29, 0.717) is 23.9 Å². The highest BCUT2D eigenvalue weighted by Crippen LogP contribution is 2.37. The Labute approximate surface area is 117 Å². The molecular weight excluding hydrogens is 256 g/mol. The van der Waals surface area contributed by atoms with Gasteiger partial charge in [0.05, 0.1) is 7.11 Å². The fourth-order valence-electron chi connectivity index (χ4n) is 1.75. The van der Waals surface area contributed by atoms with Crippen LogP contribution < -0.4 is 14.2 Å². The molecule has 0 spiro atoms. The van der Waals surface area contributed by atoms with Gasteiger partial charge in [-0.05, 0) is 17.7 Å². The van der Waals surface area contributed by atoms with Gasteiger partial charge in [-0.25, -0.2) is 0 Å². The number of ether oxygens (including phenoxy) is 3. The molecule has 0 atom stereocenters. The molecule has 0 aliphatic carbocycles. The standard InChI is InChI=1S/C16H16O4/c1-12(17)20-16-14(18-2)9-6-10-15(16)19-11-13-7-4-3-5-8-13/h3-10H,11H2,1-2H3. The lowest BCUT2D eigenvalue weighted by molar-refractivity contribution is -0.132. The molecule has 104 valence electrons. The Balaban J connectivity index is 2.20. The minimum atomic E-state index is -0.418. The summed E-state index contributed by atoms with van der Waals surface area (Å²) in [5.74, 6) is 0.826. The number of benzene rings is 2. The Morgan fingerprint density at radius 1 is 1.00 bits per heavy atom. The molecule has 0 radical (unpaired) electrons. The SMILES string of the molecule is COc1cccc(OCc2ccccc2)c1OC(C)=O. The molecule has 0 heterocycles. The van der Waals surface area contributed by atoms with E-state index in [4.69, 9.17) is 14.2 Å². The van der Waals surface area contributed by atoms with Crippen molar-refractivity contribution < 1.29 is 19.0 Å². The number of methoxy groups -OCH3 is 1. The van der Waals surface area contributed by atoms with Crippen LogP contribution in [0.15, 0.2) is 48.5 Å². The average Bonchev–Trinajstić information content (AvgIpc) is 2.46. The zero-order chi connectivity index (χ0) is 14.4. The molecular formula is C16H16O4. The maximum absolute atomic E-state index is 11.2. The lowest BCUT2D eigenvalue weighted by Crippen LogP contribution is -2.06. The third-order valence-corrected chi connectivity index (χ3v) is 2.65. The van der Waals surface area contributed by atoms with Crippen LogP contribution >= 0.6 is 0 Å². The first-order valence-corrected chi connectivity index (χ1v) is 6.23.